The van der Waals surface area contributed by atoms with Crippen LogP contribution in [0.4, 0.5) is 0 Å². The van der Waals surface area contributed by atoms with Crippen LogP contribution in [0, 0.1) is 0 Å². The Morgan fingerprint density at radius 3 is 2.41 bits per heavy atom. The first-order valence-electron chi connectivity index (χ1n) is 6.24. The number of thiophene rings is 1. The minimum absolute atomic E-state index is 0.0790. The highest BCUT2D eigenvalue weighted by Crippen LogP contribution is 2.42. The third-order valence-corrected chi connectivity index (χ3v) is 5.40. The number of nitrogens with two attached hydrogens (primary N) is 1. The highest BCUT2D eigenvalue weighted by atomic mass is 35.5. The van der Waals surface area contributed by atoms with Crippen LogP contribution in [0.3, 0.4) is 0 Å². The molecule has 2 nitrogen and oxygen atoms in total. The largest absolute Gasteiger partial charge is 0.322 e. The molecule has 0 spiro atoms. The minimum atomic E-state index is 0.0790. The van der Waals surface area contributed by atoms with E-state index in [0.717, 1.165) is 4.34 Å². The lowest BCUT2D eigenvalue weighted by Gasteiger charge is -2.46. The zero-order valence-corrected chi connectivity index (χ0v) is 12.2. The molecule has 0 aliphatic heterocycles. The number of halogens is 1. The van der Waals surface area contributed by atoms with Gasteiger partial charge in [0.15, 0.2) is 0 Å². The normalized spacial score (nSPS) is 21.7. The maximum atomic E-state index is 6.53. The van der Waals surface area contributed by atoms with Crippen LogP contribution in [0.5, 0.6) is 0 Å². The first-order valence-corrected chi connectivity index (χ1v) is 7.44. The van der Waals surface area contributed by atoms with Crippen LogP contribution in [0.15, 0.2) is 12.1 Å². The predicted octanol–water partition coefficient (Wildman–Crippen LogP) is 3.67. The molecule has 17 heavy (non-hydrogen) atoms. The van der Waals surface area contributed by atoms with Gasteiger partial charge in [0.2, 0.25) is 0 Å². The van der Waals surface area contributed by atoms with Gasteiger partial charge in [0.05, 0.1) is 10.4 Å². The molecule has 1 aromatic rings. The second-order valence-corrected chi connectivity index (χ2v) is 6.92. The summed E-state index contributed by atoms with van der Waals surface area (Å²) in [5.41, 5.74) is 6.65. The van der Waals surface area contributed by atoms with Gasteiger partial charge in [-0.3, -0.25) is 0 Å². The van der Waals surface area contributed by atoms with E-state index in [1.807, 2.05) is 6.07 Å². The van der Waals surface area contributed by atoms with E-state index in [2.05, 4.69) is 25.1 Å². The van der Waals surface area contributed by atoms with Crippen molar-refractivity contribution in [3.63, 3.8) is 0 Å². The maximum Gasteiger partial charge on any atom is 0.0931 e. The number of hydrogen-bond donors (Lipinski definition) is 1. The Labute approximate surface area is 113 Å². The van der Waals surface area contributed by atoms with E-state index in [1.165, 1.54) is 37.0 Å². The Hall–Kier alpha value is -0.0900. The van der Waals surface area contributed by atoms with Crippen LogP contribution in [-0.2, 0) is 0 Å². The zero-order chi connectivity index (χ0) is 12.5. The van der Waals surface area contributed by atoms with Crippen LogP contribution in [0.2, 0.25) is 4.34 Å². The lowest BCUT2D eigenvalue weighted by molar-refractivity contribution is 0.0725. The van der Waals surface area contributed by atoms with E-state index in [9.17, 15) is 0 Å². The highest BCUT2D eigenvalue weighted by Gasteiger charge is 2.41. The van der Waals surface area contributed by atoms with Gasteiger partial charge in [-0.2, -0.15) is 0 Å². The van der Waals surface area contributed by atoms with E-state index in [-0.39, 0.29) is 11.6 Å². The Bertz CT molecular complexity index is 369. The Kier molecular flexibility index (Phi) is 4.14. The van der Waals surface area contributed by atoms with Crippen LogP contribution in [0.1, 0.15) is 43.0 Å². The highest BCUT2D eigenvalue weighted by molar-refractivity contribution is 7.16. The molecule has 2 rings (SSSR count). The summed E-state index contributed by atoms with van der Waals surface area (Å²) in [5.74, 6) is 0. The lowest BCUT2D eigenvalue weighted by atomic mass is 9.75. The molecule has 0 saturated heterocycles. The summed E-state index contributed by atoms with van der Waals surface area (Å²) in [6.45, 7) is 0. The Balaban J connectivity index is 2.26. The number of likely N-dealkylation sites (N-methyl/N-ethyl adjacent to an activating group) is 1. The van der Waals surface area contributed by atoms with Crippen molar-refractivity contribution in [1.29, 1.82) is 0 Å². The van der Waals surface area contributed by atoms with Crippen molar-refractivity contribution in [3.05, 3.63) is 21.3 Å². The van der Waals surface area contributed by atoms with E-state index < -0.39 is 0 Å². The molecule has 96 valence electrons. The fraction of sp³-hybridized carbons (Fsp3) is 0.692. The van der Waals surface area contributed by atoms with Gasteiger partial charge in [-0.1, -0.05) is 30.9 Å². The summed E-state index contributed by atoms with van der Waals surface area (Å²) < 4.78 is 0.833. The first kappa shape index (κ1) is 13.3. The summed E-state index contributed by atoms with van der Waals surface area (Å²) in [6, 6.07) is 4.11. The van der Waals surface area contributed by atoms with Crippen molar-refractivity contribution < 1.29 is 0 Å². The molecule has 1 saturated carbocycles. The fourth-order valence-corrected chi connectivity index (χ4v) is 4.13. The Morgan fingerprint density at radius 1 is 1.29 bits per heavy atom. The van der Waals surface area contributed by atoms with E-state index in [4.69, 9.17) is 17.3 Å². The molecule has 1 atom stereocenters. The second kappa shape index (κ2) is 5.27. The van der Waals surface area contributed by atoms with Gasteiger partial charge in [0.1, 0.15) is 0 Å². The summed E-state index contributed by atoms with van der Waals surface area (Å²) in [7, 11) is 4.31. The van der Waals surface area contributed by atoms with Crippen LogP contribution in [0.25, 0.3) is 0 Å². The molecule has 1 aromatic heterocycles. The SMILES string of the molecule is CN(C)C1(C(N)c2ccc(Cl)s2)CCCCC1. The van der Waals surface area contributed by atoms with Gasteiger partial charge < -0.3 is 10.6 Å². The van der Waals surface area contributed by atoms with Crippen LogP contribution < -0.4 is 5.73 Å². The third kappa shape index (κ3) is 2.53. The predicted molar refractivity (Wildman–Crippen MR) is 75.8 cm³/mol. The molecule has 1 fully saturated rings. The van der Waals surface area contributed by atoms with Gasteiger partial charge in [-0.15, -0.1) is 11.3 Å². The molecule has 1 heterocycles. The average Bonchev–Trinajstić information content (AvgIpc) is 2.75. The molecule has 0 bridgehead atoms. The number of nitrogens with zero attached hydrogens (tertiary/aromatic N) is 1. The van der Waals surface area contributed by atoms with Crippen molar-refractivity contribution >= 4 is 22.9 Å². The molecular weight excluding hydrogens is 252 g/mol. The molecule has 4 heteroatoms. The fourth-order valence-electron chi connectivity index (χ4n) is 2.96. The topological polar surface area (TPSA) is 29.3 Å². The average molecular weight is 273 g/mol. The molecular formula is C13H21ClN2S. The molecule has 2 N–H and O–H groups in total. The quantitative estimate of drug-likeness (QED) is 0.910. The van der Waals surface area contributed by atoms with Crippen LogP contribution in [-0.4, -0.2) is 24.5 Å². The standard InChI is InChI=1S/C13H21ClN2S/c1-16(2)13(8-4-3-5-9-13)12(15)10-6-7-11(14)17-10/h6-7,12H,3-5,8-9,15H2,1-2H3. The monoisotopic (exact) mass is 272 g/mol. The van der Waals surface area contributed by atoms with E-state index >= 15 is 0 Å². The van der Waals surface area contributed by atoms with Crippen molar-refractivity contribution in [2.75, 3.05) is 14.1 Å². The zero-order valence-electron chi connectivity index (χ0n) is 10.6. The summed E-state index contributed by atoms with van der Waals surface area (Å²) in [4.78, 5) is 3.54. The number of rotatable bonds is 3. The summed E-state index contributed by atoms with van der Waals surface area (Å²) >= 11 is 7.64. The van der Waals surface area contributed by atoms with Crippen molar-refractivity contribution in [1.82, 2.24) is 4.90 Å². The molecule has 0 radical (unpaired) electrons. The van der Waals surface area contributed by atoms with Gasteiger partial charge in [0.25, 0.3) is 0 Å². The number of hydrogen-bond acceptors (Lipinski definition) is 3. The molecule has 1 unspecified atom stereocenters. The summed E-state index contributed by atoms with van der Waals surface area (Å²) in [6.07, 6.45) is 6.29. The third-order valence-electron chi connectivity index (χ3n) is 4.09. The first-order chi connectivity index (χ1) is 8.06. The van der Waals surface area contributed by atoms with Crippen molar-refractivity contribution in [3.8, 4) is 0 Å². The Morgan fingerprint density at radius 2 is 1.94 bits per heavy atom. The molecule has 1 aliphatic carbocycles. The van der Waals surface area contributed by atoms with Gasteiger partial charge in [-0.25, -0.2) is 0 Å². The van der Waals surface area contributed by atoms with Gasteiger partial charge >= 0.3 is 0 Å². The molecule has 0 amide bonds. The smallest absolute Gasteiger partial charge is 0.0931 e. The van der Waals surface area contributed by atoms with Gasteiger partial charge in [-0.05, 0) is 39.1 Å². The van der Waals surface area contributed by atoms with E-state index in [1.54, 1.807) is 11.3 Å². The minimum Gasteiger partial charge on any atom is -0.322 e. The van der Waals surface area contributed by atoms with Crippen LogP contribution >= 0.6 is 22.9 Å². The van der Waals surface area contributed by atoms with Crippen molar-refractivity contribution in [2.24, 2.45) is 5.73 Å². The molecule has 0 aromatic carbocycles. The maximum absolute atomic E-state index is 6.53. The second-order valence-electron chi connectivity index (χ2n) is 5.18. The van der Waals surface area contributed by atoms with Crippen molar-refractivity contribution in [2.45, 2.75) is 43.7 Å². The lowest BCUT2D eigenvalue weighted by Crippen LogP contribution is -2.53. The molecule has 1 aliphatic rings. The summed E-state index contributed by atoms with van der Waals surface area (Å²) in [5, 5.41) is 0. The van der Waals surface area contributed by atoms with E-state index in [0.29, 0.717) is 0 Å². The van der Waals surface area contributed by atoms with Gasteiger partial charge in [0, 0.05) is 10.4 Å².